The molecule has 0 aromatic carbocycles. The molecule has 0 aliphatic heterocycles. The van der Waals surface area contributed by atoms with Gasteiger partial charge in [-0.15, -0.1) is 0 Å². The van der Waals surface area contributed by atoms with Crippen LogP contribution in [-0.2, 0) is 0 Å². The van der Waals surface area contributed by atoms with Crippen LogP contribution in [0.15, 0.2) is 0 Å². The van der Waals surface area contributed by atoms with Crippen molar-refractivity contribution in [3.05, 3.63) is 0 Å². The van der Waals surface area contributed by atoms with Crippen LogP contribution in [0.25, 0.3) is 0 Å². The Labute approximate surface area is 105 Å². The Hall–Kier alpha value is 1.34. The normalized spacial score (nSPS) is 0. The van der Waals surface area contributed by atoms with E-state index in [-0.39, 0.29) is 106 Å². The summed E-state index contributed by atoms with van der Waals surface area (Å²) in [5, 5.41) is 0. The summed E-state index contributed by atoms with van der Waals surface area (Å²) in [5.74, 6) is 0. The Morgan fingerprint density at radius 2 is 0.250 bits per heavy atom. The third-order valence-electron chi connectivity index (χ3n) is 0. The van der Waals surface area contributed by atoms with Crippen LogP contribution in [0, 0.1) is 0 Å². The minimum absolute atomic E-state index is 0. The van der Waals surface area contributed by atoms with Gasteiger partial charge in [0.1, 0.15) is 0 Å². The van der Waals surface area contributed by atoms with Gasteiger partial charge in [0.05, 0.1) is 0 Å². The quantitative estimate of drug-likeness (QED) is 0.363. The molecular weight excluding hydrogens is 231 g/mol. The van der Waals surface area contributed by atoms with E-state index in [0.29, 0.717) is 0 Å². The van der Waals surface area contributed by atoms with E-state index in [9.17, 15) is 0 Å². The van der Waals surface area contributed by atoms with Crippen LogP contribution >= 0.6 is 27.0 Å². The van der Waals surface area contributed by atoms with E-state index >= 15 is 0 Å². The zero-order valence-corrected chi connectivity index (χ0v) is 7.50. The fourth-order valence-corrected chi connectivity index (χ4v) is 0. The molecule has 0 rings (SSSR count). The fourth-order valence-electron chi connectivity index (χ4n) is 0. The van der Waals surface area contributed by atoms with Gasteiger partial charge in [-0.05, 0) is 0 Å². The van der Waals surface area contributed by atoms with E-state index in [1.54, 1.807) is 0 Å². The summed E-state index contributed by atoms with van der Waals surface area (Å²) in [6.45, 7) is 0. The minimum atomic E-state index is 0. The second-order valence-electron chi connectivity index (χ2n) is 0. The van der Waals surface area contributed by atoms with Crippen LogP contribution in [0.2, 0.25) is 0 Å². The van der Waals surface area contributed by atoms with Crippen molar-refractivity contribution >= 4 is 56.5 Å². The molecule has 0 amide bonds. The van der Waals surface area contributed by atoms with Crippen molar-refractivity contribution in [1.29, 1.82) is 0 Å². The Morgan fingerprint density at radius 3 is 0.250 bits per heavy atom. The van der Waals surface area contributed by atoms with Gasteiger partial charge >= 0.3 is 29.6 Å². The van der Waals surface area contributed by atoms with Crippen molar-refractivity contribution in [3.8, 4) is 0 Å². The second kappa shape index (κ2) is 884. The summed E-state index contributed by atoms with van der Waals surface area (Å²) in [5.41, 5.74) is 0. The van der Waals surface area contributed by atoms with Gasteiger partial charge in [0.2, 0.25) is 0 Å². The van der Waals surface area contributed by atoms with E-state index < -0.39 is 0 Å². The zero-order chi connectivity index (χ0) is 0. The molecule has 0 aromatic heterocycles. The van der Waals surface area contributed by atoms with Gasteiger partial charge in [0, 0.05) is 0 Å². The number of hydrogen-bond acceptors (Lipinski definition) is 0. The Balaban J connectivity index is 0. The van der Waals surface area contributed by atoms with Crippen LogP contribution in [0.5, 0.6) is 0 Å². The molecule has 0 aromatic rings. The molecule has 90 valence electrons. The van der Waals surface area contributed by atoms with Gasteiger partial charge in [-0.25, -0.2) is 0 Å². The maximum atomic E-state index is 0. The summed E-state index contributed by atoms with van der Waals surface area (Å²) < 4.78 is 0. The van der Waals surface area contributed by atoms with E-state index in [4.69, 9.17) is 0 Å². The molecule has 12 heteroatoms. The Bertz CT molecular complexity index is 12.5. The molecular formula is H23NaO9S2. The molecule has 0 heterocycles. The molecule has 0 spiro atoms. The standard InChI is InChI=1S/Na.9H2O.2H2S.H/h;11*1H2;. The first-order valence-corrected chi connectivity index (χ1v) is 0. The topological polar surface area (TPSA) is 284 Å². The maximum absolute atomic E-state index is 0. The number of hydrogen-bond donors (Lipinski definition) is 0. The number of rotatable bonds is 0. The first kappa shape index (κ1) is 1130. The SMILES string of the molecule is O.O.O.O.O.O.O.O.O.S.S.[NaH]. The van der Waals surface area contributed by atoms with Crippen LogP contribution in [0.1, 0.15) is 0 Å². The van der Waals surface area contributed by atoms with Crippen molar-refractivity contribution in [2.45, 2.75) is 0 Å². The van der Waals surface area contributed by atoms with Crippen molar-refractivity contribution < 1.29 is 49.3 Å². The first-order valence-electron chi connectivity index (χ1n) is 0. The summed E-state index contributed by atoms with van der Waals surface area (Å²) in [6.07, 6.45) is 0. The third kappa shape index (κ3) is 675. The van der Waals surface area contributed by atoms with Gasteiger partial charge in [0.25, 0.3) is 0 Å². The average molecular weight is 254 g/mol. The summed E-state index contributed by atoms with van der Waals surface area (Å²) in [4.78, 5) is 0. The van der Waals surface area contributed by atoms with Crippen molar-refractivity contribution in [1.82, 2.24) is 0 Å². The molecule has 9 nitrogen and oxygen atoms in total. The Kier molecular flexibility index (Phi) is 83300. The van der Waals surface area contributed by atoms with E-state index in [0.717, 1.165) is 0 Å². The molecule has 0 unspecified atom stereocenters. The Morgan fingerprint density at radius 1 is 0.250 bits per heavy atom. The third-order valence-corrected chi connectivity index (χ3v) is 0. The molecule has 0 saturated heterocycles. The zero-order valence-electron chi connectivity index (χ0n) is 5.50. The molecule has 0 fully saturated rings. The molecule has 0 radical (unpaired) electrons. The van der Waals surface area contributed by atoms with Crippen LogP contribution in [0.3, 0.4) is 0 Å². The predicted molar refractivity (Wildman–Crippen MR) is 60.4 cm³/mol. The van der Waals surface area contributed by atoms with E-state index in [2.05, 4.69) is 0 Å². The molecule has 0 bridgehead atoms. The van der Waals surface area contributed by atoms with Crippen LogP contribution in [0.4, 0.5) is 0 Å². The van der Waals surface area contributed by atoms with E-state index in [1.165, 1.54) is 0 Å². The van der Waals surface area contributed by atoms with E-state index in [1.807, 2.05) is 0 Å². The van der Waals surface area contributed by atoms with Crippen molar-refractivity contribution in [2.75, 3.05) is 0 Å². The molecule has 18 N–H and O–H groups in total. The molecule has 0 saturated carbocycles. The van der Waals surface area contributed by atoms with Crippen molar-refractivity contribution in [2.24, 2.45) is 0 Å². The average Bonchev–Trinajstić information content (AvgIpc) is 0. The fraction of sp³-hybridized carbons (Fsp3) is 0. The van der Waals surface area contributed by atoms with Crippen LogP contribution < -0.4 is 0 Å². The van der Waals surface area contributed by atoms with Gasteiger partial charge in [0.15, 0.2) is 0 Å². The molecule has 0 atom stereocenters. The summed E-state index contributed by atoms with van der Waals surface area (Å²) >= 11 is 0. The monoisotopic (exact) mass is 254 g/mol. The van der Waals surface area contributed by atoms with Gasteiger partial charge < -0.3 is 49.3 Å². The van der Waals surface area contributed by atoms with Crippen molar-refractivity contribution in [3.63, 3.8) is 0 Å². The summed E-state index contributed by atoms with van der Waals surface area (Å²) in [7, 11) is 0. The van der Waals surface area contributed by atoms with Gasteiger partial charge in [-0.3, -0.25) is 0 Å². The van der Waals surface area contributed by atoms with Gasteiger partial charge in [-0.2, -0.15) is 27.0 Å². The second-order valence-corrected chi connectivity index (χ2v) is 0. The first-order chi connectivity index (χ1) is 0. The predicted octanol–water partition coefficient (Wildman–Crippen LogP) is -7.85. The van der Waals surface area contributed by atoms with Crippen LogP contribution in [-0.4, -0.2) is 78.8 Å². The van der Waals surface area contributed by atoms with Gasteiger partial charge in [-0.1, -0.05) is 0 Å². The summed E-state index contributed by atoms with van der Waals surface area (Å²) in [6, 6.07) is 0. The molecule has 0 aliphatic carbocycles. The molecule has 0 aliphatic rings. The molecule has 12 heavy (non-hydrogen) atoms.